The highest BCUT2D eigenvalue weighted by molar-refractivity contribution is 7.10. The fourth-order valence-electron chi connectivity index (χ4n) is 1.41. The minimum atomic E-state index is -0.809. The molecular weight excluding hydrogens is 254 g/mol. The molecule has 1 unspecified atom stereocenters. The van der Waals surface area contributed by atoms with Crippen molar-refractivity contribution in [3.05, 3.63) is 11.3 Å². The molecule has 7 heteroatoms. The number of hydrogen-bond donors (Lipinski definition) is 1. The van der Waals surface area contributed by atoms with E-state index in [-0.39, 0.29) is 5.91 Å². The quantitative estimate of drug-likeness (QED) is 0.831. The van der Waals surface area contributed by atoms with Crippen LogP contribution >= 0.6 is 11.5 Å². The van der Waals surface area contributed by atoms with Crippen molar-refractivity contribution in [2.24, 2.45) is 0 Å². The highest BCUT2D eigenvalue weighted by Crippen LogP contribution is 2.25. The first-order valence-electron chi connectivity index (χ1n) is 5.44. The third-order valence-corrected chi connectivity index (χ3v) is 3.32. The standard InChI is InChI=1S/C11H17N3O3S/c1-6-8(9(12-3)18-13-6)11(16)17-7(2)10(15)14(4)5/h7,12H,1-5H3. The molecule has 0 saturated heterocycles. The van der Waals surface area contributed by atoms with E-state index in [0.29, 0.717) is 16.3 Å². The summed E-state index contributed by atoms with van der Waals surface area (Å²) in [7, 11) is 4.93. The lowest BCUT2D eigenvalue weighted by atomic mass is 10.2. The molecule has 18 heavy (non-hydrogen) atoms. The third-order valence-electron chi connectivity index (χ3n) is 2.37. The number of rotatable bonds is 4. The molecule has 0 fully saturated rings. The van der Waals surface area contributed by atoms with Crippen LogP contribution in [0.3, 0.4) is 0 Å². The first-order chi connectivity index (χ1) is 8.38. The summed E-state index contributed by atoms with van der Waals surface area (Å²) in [5.74, 6) is -0.788. The third kappa shape index (κ3) is 2.98. The largest absolute Gasteiger partial charge is 0.449 e. The number of anilines is 1. The predicted octanol–water partition coefficient (Wildman–Crippen LogP) is 1.13. The van der Waals surface area contributed by atoms with Gasteiger partial charge in [0, 0.05) is 21.1 Å². The summed E-state index contributed by atoms with van der Waals surface area (Å²) in [6, 6.07) is 0. The van der Waals surface area contributed by atoms with Gasteiger partial charge in [0.2, 0.25) is 0 Å². The van der Waals surface area contributed by atoms with Gasteiger partial charge in [-0.1, -0.05) is 0 Å². The summed E-state index contributed by atoms with van der Waals surface area (Å²) in [6.07, 6.45) is -0.809. The van der Waals surface area contributed by atoms with Gasteiger partial charge in [-0.3, -0.25) is 4.79 Å². The van der Waals surface area contributed by atoms with Gasteiger partial charge >= 0.3 is 5.97 Å². The van der Waals surface area contributed by atoms with Crippen LogP contribution in [0.15, 0.2) is 0 Å². The van der Waals surface area contributed by atoms with Gasteiger partial charge < -0.3 is 15.0 Å². The van der Waals surface area contributed by atoms with E-state index in [1.54, 1.807) is 35.0 Å². The van der Waals surface area contributed by atoms with Crippen molar-refractivity contribution >= 4 is 28.4 Å². The smallest absolute Gasteiger partial charge is 0.343 e. The molecule has 0 bridgehead atoms. The average molecular weight is 271 g/mol. The molecule has 1 rings (SSSR count). The van der Waals surface area contributed by atoms with E-state index in [9.17, 15) is 9.59 Å². The second kappa shape index (κ2) is 5.81. The van der Waals surface area contributed by atoms with E-state index in [2.05, 4.69) is 9.69 Å². The number of likely N-dealkylation sites (N-methyl/N-ethyl adjacent to an activating group) is 1. The molecule has 0 aromatic carbocycles. The summed E-state index contributed by atoms with van der Waals surface area (Å²) in [4.78, 5) is 25.0. The van der Waals surface area contributed by atoms with Crippen molar-refractivity contribution in [3.63, 3.8) is 0 Å². The van der Waals surface area contributed by atoms with Crippen molar-refractivity contribution in [1.29, 1.82) is 0 Å². The van der Waals surface area contributed by atoms with Crippen LogP contribution in [0.25, 0.3) is 0 Å². The zero-order valence-corrected chi connectivity index (χ0v) is 11.9. The Hall–Kier alpha value is -1.63. The van der Waals surface area contributed by atoms with Gasteiger partial charge in [-0.05, 0) is 25.4 Å². The fraction of sp³-hybridized carbons (Fsp3) is 0.545. The Balaban J connectivity index is 2.83. The summed E-state index contributed by atoms with van der Waals surface area (Å²) < 4.78 is 9.22. The Morgan fingerprint density at radius 1 is 1.44 bits per heavy atom. The fourth-order valence-corrected chi connectivity index (χ4v) is 2.15. The van der Waals surface area contributed by atoms with E-state index < -0.39 is 12.1 Å². The van der Waals surface area contributed by atoms with Gasteiger partial charge in [0.1, 0.15) is 10.6 Å². The monoisotopic (exact) mass is 271 g/mol. The van der Waals surface area contributed by atoms with Crippen molar-refractivity contribution in [2.75, 3.05) is 26.5 Å². The number of amides is 1. The number of ether oxygens (including phenoxy) is 1. The number of aromatic nitrogens is 1. The van der Waals surface area contributed by atoms with Crippen molar-refractivity contribution < 1.29 is 14.3 Å². The lowest BCUT2D eigenvalue weighted by Crippen LogP contribution is -2.35. The van der Waals surface area contributed by atoms with Crippen LogP contribution in [0.5, 0.6) is 0 Å². The number of carbonyl (C=O) groups is 2. The highest BCUT2D eigenvalue weighted by Gasteiger charge is 2.24. The molecule has 100 valence electrons. The van der Waals surface area contributed by atoms with Gasteiger partial charge in [-0.2, -0.15) is 4.37 Å². The maximum Gasteiger partial charge on any atom is 0.343 e. The molecule has 1 N–H and O–H groups in total. The van der Waals surface area contributed by atoms with Gasteiger partial charge in [0.05, 0.1) is 5.69 Å². The Bertz CT molecular complexity index is 456. The topological polar surface area (TPSA) is 71.5 Å². The molecule has 0 spiro atoms. The molecule has 0 aliphatic carbocycles. The van der Waals surface area contributed by atoms with Crippen molar-refractivity contribution in [3.8, 4) is 0 Å². The van der Waals surface area contributed by atoms with Crippen LogP contribution < -0.4 is 5.32 Å². The molecule has 0 aliphatic heterocycles. The lowest BCUT2D eigenvalue weighted by molar-refractivity contribution is -0.137. The molecule has 1 aromatic rings. The van der Waals surface area contributed by atoms with Crippen LogP contribution in [-0.4, -0.2) is 48.4 Å². The Morgan fingerprint density at radius 3 is 2.56 bits per heavy atom. The van der Waals surface area contributed by atoms with Gasteiger partial charge in [0.15, 0.2) is 6.10 Å². The van der Waals surface area contributed by atoms with Gasteiger partial charge in [0.25, 0.3) is 5.91 Å². The SMILES string of the molecule is CNc1snc(C)c1C(=O)OC(C)C(=O)N(C)C. The first-order valence-corrected chi connectivity index (χ1v) is 6.22. The average Bonchev–Trinajstić information content (AvgIpc) is 2.68. The number of nitrogens with one attached hydrogen (secondary N) is 1. The lowest BCUT2D eigenvalue weighted by Gasteiger charge is -2.17. The van der Waals surface area contributed by atoms with Crippen LogP contribution in [0.2, 0.25) is 0 Å². The second-order valence-electron chi connectivity index (χ2n) is 4.00. The molecule has 1 aromatic heterocycles. The van der Waals surface area contributed by atoms with Crippen LogP contribution in [0.4, 0.5) is 5.00 Å². The Labute approximate surface area is 110 Å². The minimum absolute atomic E-state index is 0.254. The van der Waals surface area contributed by atoms with E-state index in [4.69, 9.17) is 4.74 Å². The number of hydrogen-bond acceptors (Lipinski definition) is 6. The summed E-state index contributed by atoms with van der Waals surface area (Å²) >= 11 is 1.19. The number of nitrogens with zero attached hydrogens (tertiary/aromatic N) is 2. The molecule has 0 saturated carbocycles. The zero-order valence-electron chi connectivity index (χ0n) is 11.1. The Kier molecular flexibility index (Phi) is 4.66. The Morgan fingerprint density at radius 2 is 2.06 bits per heavy atom. The molecule has 0 aliphatic rings. The molecule has 1 heterocycles. The first kappa shape index (κ1) is 14.4. The maximum absolute atomic E-state index is 12.0. The molecule has 1 atom stereocenters. The van der Waals surface area contributed by atoms with Crippen molar-refractivity contribution in [1.82, 2.24) is 9.27 Å². The van der Waals surface area contributed by atoms with E-state index in [1.165, 1.54) is 16.4 Å². The highest BCUT2D eigenvalue weighted by atomic mass is 32.1. The van der Waals surface area contributed by atoms with E-state index in [1.807, 2.05) is 0 Å². The number of carbonyl (C=O) groups excluding carboxylic acids is 2. The molecule has 0 radical (unpaired) electrons. The number of aryl methyl sites for hydroxylation is 1. The predicted molar refractivity (Wildman–Crippen MR) is 70.0 cm³/mol. The van der Waals surface area contributed by atoms with Crippen LogP contribution in [-0.2, 0) is 9.53 Å². The second-order valence-corrected chi connectivity index (χ2v) is 4.78. The van der Waals surface area contributed by atoms with Crippen LogP contribution in [0, 0.1) is 6.92 Å². The summed E-state index contributed by atoms with van der Waals surface area (Å²) in [6.45, 7) is 3.28. The normalized spacial score (nSPS) is 11.8. The van der Waals surface area contributed by atoms with Gasteiger partial charge in [-0.25, -0.2) is 4.79 Å². The number of esters is 1. The maximum atomic E-state index is 12.0. The zero-order chi connectivity index (χ0) is 13.9. The molecule has 1 amide bonds. The summed E-state index contributed by atoms with van der Waals surface area (Å²) in [5.41, 5.74) is 0.986. The molecular formula is C11H17N3O3S. The van der Waals surface area contributed by atoms with E-state index in [0.717, 1.165) is 0 Å². The summed E-state index contributed by atoms with van der Waals surface area (Å²) in [5, 5.41) is 3.52. The van der Waals surface area contributed by atoms with Gasteiger partial charge in [-0.15, -0.1) is 0 Å². The van der Waals surface area contributed by atoms with E-state index >= 15 is 0 Å². The van der Waals surface area contributed by atoms with Crippen molar-refractivity contribution in [2.45, 2.75) is 20.0 Å². The van der Waals surface area contributed by atoms with Crippen LogP contribution in [0.1, 0.15) is 23.0 Å². The minimum Gasteiger partial charge on any atom is -0.449 e. The molecule has 6 nitrogen and oxygen atoms in total.